The monoisotopic (exact) mass is 321 g/mol. The lowest BCUT2D eigenvalue weighted by atomic mass is 10.3. The Kier molecular flexibility index (Phi) is 5.90. The molecule has 1 aromatic rings. The molecule has 0 aromatic carbocycles. The van der Waals surface area contributed by atoms with Crippen LogP contribution in [0.2, 0.25) is 0 Å². The summed E-state index contributed by atoms with van der Waals surface area (Å²) in [6, 6.07) is 1.79. The van der Waals surface area contributed by atoms with Gasteiger partial charge in [0.15, 0.2) is 0 Å². The number of rotatable bonds is 6. The zero-order chi connectivity index (χ0) is 16.8. The minimum Gasteiger partial charge on any atom is -0.472 e. The molecule has 1 saturated heterocycles. The minimum atomic E-state index is -0.334. The van der Waals surface area contributed by atoms with E-state index in [1.165, 1.54) is 0 Å². The van der Waals surface area contributed by atoms with Crippen LogP contribution in [0.25, 0.3) is 0 Å². The molecule has 1 aromatic heterocycles. The summed E-state index contributed by atoms with van der Waals surface area (Å²) in [5, 5.41) is 0. The van der Waals surface area contributed by atoms with E-state index in [4.69, 9.17) is 9.47 Å². The second-order valence-electron chi connectivity index (χ2n) is 5.57. The Balaban J connectivity index is 1.81. The molecule has 1 aliphatic heterocycles. The highest BCUT2D eigenvalue weighted by Crippen LogP contribution is 2.18. The van der Waals surface area contributed by atoms with Crippen molar-refractivity contribution in [2.75, 3.05) is 19.7 Å². The lowest BCUT2D eigenvalue weighted by Gasteiger charge is -2.17. The van der Waals surface area contributed by atoms with Crippen LogP contribution in [-0.4, -0.2) is 52.5 Å². The normalized spacial score (nSPS) is 17.2. The number of aromatic nitrogens is 2. The van der Waals surface area contributed by atoms with Gasteiger partial charge < -0.3 is 14.4 Å². The summed E-state index contributed by atoms with van der Waals surface area (Å²) in [6.45, 7) is 6.95. The van der Waals surface area contributed by atoms with Gasteiger partial charge in [-0.3, -0.25) is 9.59 Å². The van der Waals surface area contributed by atoms with Gasteiger partial charge in [-0.15, -0.1) is 0 Å². The second kappa shape index (κ2) is 7.89. The third kappa shape index (κ3) is 5.19. The van der Waals surface area contributed by atoms with Gasteiger partial charge in [0.1, 0.15) is 11.9 Å². The molecule has 0 saturated carbocycles. The van der Waals surface area contributed by atoms with Crippen molar-refractivity contribution in [1.82, 2.24) is 14.9 Å². The maximum atomic E-state index is 12.1. The SMILES string of the molecule is CCOC(=O)CCC(=O)N1CC[C@@H](Oc2cc(C)nc(C)n2)C1. The quantitative estimate of drug-likeness (QED) is 0.737. The van der Waals surface area contributed by atoms with E-state index in [1.54, 1.807) is 17.9 Å². The lowest BCUT2D eigenvalue weighted by molar-refractivity contribution is -0.145. The van der Waals surface area contributed by atoms with Crippen LogP contribution in [0.15, 0.2) is 6.07 Å². The Bertz CT molecular complexity index is 556. The second-order valence-corrected chi connectivity index (χ2v) is 5.57. The van der Waals surface area contributed by atoms with Crippen molar-refractivity contribution in [3.8, 4) is 5.88 Å². The lowest BCUT2D eigenvalue weighted by Crippen LogP contribution is -2.31. The molecule has 7 heteroatoms. The molecule has 2 heterocycles. The predicted molar refractivity (Wildman–Crippen MR) is 83.0 cm³/mol. The molecule has 7 nitrogen and oxygen atoms in total. The number of hydrogen-bond acceptors (Lipinski definition) is 6. The molecular weight excluding hydrogens is 298 g/mol. The molecular formula is C16H23N3O4. The van der Waals surface area contributed by atoms with Gasteiger partial charge >= 0.3 is 5.97 Å². The number of carbonyl (C=O) groups is 2. The van der Waals surface area contributed by atoms with Crippen LogP contribution in [-0.2, 0) is 14.3 Å². The highest BCUT2D eigenvalue weighted by Gasteiger charge is 2.28. The number of esters is 1. The first-order chi connectivity index (χ1) is 11.0. The van der Waals surface area contributed by atoms with Crippen LogP contribution in [0.4, 0.5) is 0 Å². The maximum Gasteiger partial charge on any atom is 0.306 e. The number of amides is 1. The van der Waals surface area contributed by atoms with Crippen molar-refractivity contribution in [3.63, 3.8) is 0 Å². The summed E-state index contributed by atoms with van der Waals surface area (Å²) in [6.07, 6.45) is 0.985. The van der Waals surface area contributed by atoms with Crippen LogP contribution < -0.4 is 4.74 Å². The molecule has 1 aliphatic rings. The summed E-state index contributed by atoms with van der Waals surface area (Å²) in [4.78, 5) is 33.6. The molecule has 126 valence electrons. The number of nitrogens with zero attached hydrogens (tertiary/aromatic N) is 3. The Morgan fingerprint density at radius 3 is 2.78 bits per heavy atom. The first kappa shape index (κ1) is 17.2. The van der Waals surface area contributed by atoms with E-state index < -0.39 is 0 Å². The van der Waals surface area contributed by atoms with Crippen LogP contribution in [0, 0.1) is 13.8 Å². The average molecular weight is 321 g/mol. The molecule has 0 spiro atoms. The van der Waals surface area contributed by atoms with Crippen molar-refractivity contribution in [2.45, 2.75) is 46.1 Å². The topological polar surface area (TPSA) is 81.6 Å². The first-order valence-corrected chi connectivity index (χ1v) is 7.90. The molecule has 0 N–H and O–H groups in total. The van der Waals surface area contributed by atoms with E-state index in [1.807, 2.05) is 13.8 Å². The molecule has 1 atom stereocenters. The summed E-state index contributed by atoms with van der Waals surface area (Å²) in [5.41, 5.74) is 0.855. The molecule has 0 aliphatic carbocycles. The summed E-state index contributed by atoms with van der Waals surface area (Å²) < 4.78 is 10.7. The third-order valence-electron chi connectivity index (χ3n) is 3.58. The number of aryl methyl sites for hydroxylation is 2. The van der Waals surface area contributed by atoms with E-state index in [-0.39, 0.29) is 30.8 Å². The zero-order valence-electron chi connectivity index (χ0n) is 13.9. The first-order valence-electron chi connectivity index (χ1n) is 7.90. The number of ether oxygens (including phenoxy) is 2. The number of likely N-dealkylation sites (tertiary alicyclic amines) is 1. The van der Waals surface area contributed by atoms with Crippen LogP contribution in [0.1, 0.15) is 37.7 Å². The molecule has 1 amide bonds. The van der Waals surface area contributed by atoms with Crippen molar-refractivity contribution in [3.05, 3.63) is 17.6 Å². The van der Waals surface area contributed by atoms with Crippen LogP contribution in [0.5, 0.6) is 5.88 Å². The van der Waals surface area contributed by atoms with E-state index in [0.29, 0.717) is 31.4 Å². The average Bonchev–Trinajstić information content (AvgIpc) is 2.92. The van der Waals surface area contributed by atoms with Crippen LogP contribution >= 0.6 is 0 Å². The van der Waals surface area contributed by atoms with E-state index in [2.05, 4.69) is 9.97 Å². The fraction of sp³-hybridized carbons (Fsp3) is 0.625. The molecule has 0 radical (unpaired) electrons. The largest absolute Gasteiger partial charge is 0.472 e. The van der Waals surface area contributed by atoms with Gasteiger partial charge in [-0.25, -0.2) is 4.98 Å². The van der Waals surface area contributed by atoms with E-state index >= 15 is 0 Å². The van der Waals surface area contributed by atoms with Gasteiger partial charge in [-0.2, -0.15) is 4.98 Å². The maximum absolute atomic E-state index is 12.1. The highest BCUT2D eigenvalue weighted by atomic mass is 16.5. The van der Waals surface area contributed by atoms with E-state index in [0.717, 1.165) is 12.1 Å². The summed E-state index contributed by atoms with van der Waals surface area (Å²) in [5.74, 6) is 0.833. The van der Waals surface area contributed by atoms with Gasteiger partial charge in [0, 0.05) is 31.1 Å². The van der Waals surface area contributed by atoms with Crippen molar-refractivity contribution in [2.24, 2.45) is 0 Å². The molecule has 2 rings (SSSR count). The summed E-state index contributed by atoms with van der Waals surface area (Å²) >= 11 is 0. The molecule has 0 unspecified atom stereocenters. The third-order valence-corrected chi connectivity index (χ3v) is 3.58. The van der Waals surface area contributed by atoms with Crippen molar-refractivity contribution in [1.29, 1.82) is 0 Å². The van der Waals surface area contributed by atoms with Gasteiger partial charge in [0.25, 0.3) is 0 Å². The Hall–Kier alpha value is -2.18. The minimum absolute atomic E-state index is 0.0424. The van der Waals surface area contributed by atoms with Gasteiger partial charge in [0.2, 0.25) is 11.8 Å². The van der Waals surface area contributed by atoms with Gasteiger partial charge in [0.05, 0.1) is 19.6 Å². The molecule has 23 heavy (non-hydrogen) atoms. The van der Waals surface area contributed by atoms with Crippen molar-refractivity contribution < 1.29 is 19.1 Å². The molecule has 0 bridgehead atoms. The van der Waals surface area contributed by atoms with Gasteiger partial charge in [-0.1, -0.05) is 0 Å². The number of hydrogen-bond donors (Lipinski definition) is 0. The molecule has 1 fully saturated rings. The van der Waals surface area contributed by atoms with Crippen LogP contribution in [0.3, 0.4) is 0 Å². The Morgan fingerprint density at radius 2 is 2.09 bits per heavy atom. The van der Waals surface area contributed by atoms with E-state index in [9.17, 15) is 9.59 Å². The fourth-order valence-electron chi connectivity index (χ4n) is 2.57. The predicted octanol–water partition coefficient (Wildman–Crippen LogP) is 1.42. The van der Waals surface area contributed by atoms with Crippen molar-refractivity contribution >= 4 is 11.9 Å². The smallest absolute Gasteiger partial charge is 0.306 e. The highest BCUT2D eigenvalue weighted by molar-refractivity contribution is 5.81. The Morgan fingerprint density at radius 1 is 1.30 bits per heavy atom. The zero-order valence-corrected chi connectivity index (χ0v) is 13.9. The Labute approximate surface area is 136 Å². The number of carbonyl (C=O) groups excluding carboxylic acids is 2. The standard InChI is InChI=1S/C16H23N3O4/c1-4-22-16(21)6-5-15(20)19-8-7-13(10-19)23-14-9-11(2)17-12(3)18-14/h9,13H,4-8,10H2,1-3H3/t13-/m1/s1. The summed E-state index contributed by atoms with van der Waals surface area (Å²) in [7, 11) is 0. The van der Waals surface area contributed by atoms with Gasteiger partial charge in [-0.05, 0) is 20.8 Å². The fourth-order valence-corrected chi connectivity index (χ4v) is 2.57.